The van der Waals surface area contributed by atoms with Gasteiger partial charge in [0.2, 0.25) is 0 Å². The first-order chi connectivity index (χ1) is 6.74. The van der Waals surface area contributed by atoms with Gasteiger partial charge in [0.15, 0.2) is 0 Å². The fraction of sp³-hybridized carbons (Fsp3) is 0.0909. The lowest BCUT2D eigenvalue weighted by atomic mass is 10.2. The second-order valence-corrected chi connectivity index (χ2v) is 5.33. The molecule has 0 fully saturated rings. The molecule has 0 spiro atoms. The molecule has 1 aromatic rings. The van der Waals surface area contributed by atoms with Gasteiger partial charge in [0.1, 0.15) is 5.75 Å². The molecule has 0 aliphatic rings. The van der Waals surface area contributed by atoms with Gasteiger partial charge in [0.05, 0.1) is 10.5 Å². The second-order valence-electron chi connectivity index (χ2n) is 2.56. The highest BCUT2D eigenvalue weighted by molar-refractivity contribution is 9.28. The Morgan fingerprint density at radius 1 is 1.29 bits per heavy atom. The number of hydrogen-bond acceptors (Lipinski definition) is 1. The quantitative estimate of drug-likeness (QED) is 0.754. The van der Waals surface area contributed by atoms with E-state index in [2.05, 4.69) is 31.9 Å². The number of allylic oxidation sites excluding steroid dienone is 2. The molecule has 74 valence electrons. The summed E-state index contributed by atoms with van der Waals surface area (Å²) < 4.78 is 6.12. The van der Waals surface area contributed by atoms with Crippen molar-refractivity contribution in [3.8, 4) is 5.75 Å². The first-order valence-electron chi connectivity index (χ1n) is 4.06. The Morgan fingerprint density at radius 3 is 2.64 bits per heavy atom. The molecule has 0 aliphatic heterocycles. The third kappa shape index (κ3) is 3.68. The molecule has 0 saturated heterocycles. The molecular weight excluding hydrogens is 308 g/mol. The minimum atomic E-state index is 0.878. The van der Waals surface area contributed by atoms with Crippen molar-refractivity contribution >= 4 is 37.9 Å². The number of rotatable bonds is 3. The SMILES string of the molecule is COc1ccccc1/C=C/C=C(Br)Br. The first-order valence-corrected chi connectivity index (χ1v) is 5.65. The maximum Gasteiger partial charge on any atom is 0.126 e. The van der Waals surface area contributed by atoms with Crippen LogP contribution in [0.2, 0.25) is 0 Å². The lowest BCUT2D eigenvalue weighted by molar-refractivity contribution is 0.414. The summed E-state index contributed by atoms with van der Waals surface area (Å²) >= 11 is 6.56. The number of methoxy groups -OCH3 is 1. The van der Waals surface area contributed by atoms with Crippen LogP contribution in [0, 0.1) is 0 Å². The molecule has 0 heterocycles. The minimum Gasteiger partial charge on any atom is -0.496 e. The highest BCUT2D eigenvalue weighted by Gasteiger charge is 1.94. The number of ether oxygens (including phenoxy) is 1. The summed E-state index contributed by atoms with van der Waals surface area (Å²) in [5.74, 6) is 0.878. The normalized spacial score (nSPS) is 10.2. The molecule has 0 aromatic heterocycles. The van der Waals surface area contributed by atoms with Gasteiger partial charge in [-0.3, -0.25) is 0 Å². The van der Waals surface area contributed by atoms with Crippen molar-refractivity contribution in [3.63, 3.8) is 0 Å². The average molecular weight is 318 g/mol. The standard InChI is InChI=1S/C11H10Br2O/c1-14-10-7-3-2-5-9(10)6-4-8-11(12)13/h2-8H,1H3/b6-4+. The van der Waals surface area contributed by atoms with Crippen molar-refractivity contribution < 1.29 is 4.74 Å². The Kier molecular flexibility index (Phi) is 4.98. The van der Waals surface area contributed by atoms with Crippen LogP contribution in [0.25, 0.3) is 6.08 Å². The molecule has 0 amide bonds. The number of para-hydroxylation sites is 1. The predicted molar refractivity (Wildman–Crippen MR) is 68.0 cm³/mol. The number of hydrogen-bond donors (Lipinski definition) is 0. The first kappa shape index (κ1) is 11.5. The van der Waals surface area contributed by atoms with E-state index in [0.717, 1.165) is 14.7 Å². The summed E-state index contributed by atoms with van der Waals surface area (Å²) in [6.07, 6.45) is 5.84. The van der Waals surface area contributed by atoms with Crippen molar-refractivity contribution in [1.29, 1.82) is 0 Å². The third-order valence-electron chi connectivity index (χ3n) is 1.64. The molecule has 1 rings (SSSR count). The fourth-order valence-corrected chi connectivity index (χ4v) is 1.33. The van der Waals surface area contributed by atoms with Gasteiger partial charge >= 0.3 is 0 Å². The van der Waals surface area contributed by atoms with Crippen LogP contribution < -0.4 is 4.74 Å². The Labute approximate surface area is 101 Å². The topological polar surface area (TPSA) is 9.23 Å². The van der Waals surface area contributed by atoms with Gasteiger partial charge in [-0.15, -0.1) is 0 Å². The Balaban J connectivity index is 2.85. The fourth-order valence-electron chi connectivity index (χ4n) is 1.03. The van der Waals surface area contributed by atoms with E-state index in [1.165, 1.54) is 0 Å². The summed E-state index contributed by atoms with van der Waals surface area (Å²) in [6.45, 7) is 0. The zero-order valence-electron chi connectivity index (χ0n) is 7.71. The van der Waals surface area contributed by atoms with Crippen LogP contribution in [0.4, 0.5) is 0 Å². The van der Waals surface area contributed by atoms with Crippen LogP contribution in [0.5, 0.6) is 5.75 Å². The zero-order valence-corrected chi connectivity index (χ0v) is 10.9. The number of benzene rings is 1. The molecule has 0 unspecified atom stereocenters. The molecule has 3 heteroatoms. The summed E-state index contributed by atoms with van der Waals surface area (Å²) in [7, 11) is 1.67. The maximum absolute atomic E-state index is 5.21. The predicted octanol–water partition coefficient (Wildman–Crippen LogP) is 4.34. The van der Waals surface area contributed by atoms with E-state index in [1.54, 1.807) is 7.11 Å². The van der Waals surface area contributed by atoms with Gasteiger partial charge in [0.25, 0.3) is 0 Å². The molecule has 1 aromatic carbocycles. The van der Waals surface area contributed by atoms with E-state index in [0.29, 0.717) is 0 Å². The van der Waals surface area contributed by atoms with Gasteiger partial charge < -0.3 is 4.74 Å². The van der Waals surface area contributed by atoms with E-state index in [-0.39, 0.29) is 0 Å². The van der Waals surface area contributed by atoms with E-state index < -0.39 is 0 Å². The molecule has 0 saturated carbocycles. The van der Waals surface area contributed by atoms with Crippen molar-refractivity contribution in [3.05, 3.63) is 45.4 Å². The van der Waals surface area contributed by atoms with Gasteiger partial charge in [-0.25, -0.2) is 0 Å². The highest BCUT2D eigenvalue weighted by atomic mass is 79.9. The van der Waals surface area contributed by atoms with E-state index in [1.807, 2.05) is 42.5 Å². The van der Waals surface area contributed by atoms with E-state index >= 15 is 0 Å². The maximum atomic E-state index is 5.21. The van der Waals surface area contributed by atoms with Crippen LogP contribution in [0.1, 0.15) is 5.56 Å². The lowest BCUT2D eigenvalue weighted by Crippen LogP contribution is -1.84. The second kappa shape index (κ2) is 6.04. The average Bonchev–Trinajstić information content (AvgIpc) is 2.18. The van der Waals surface area contributed by atoms with Gasteiger partial charge in [-0.2, -0.15) is 0 Å². The van der Waals surface area contributed by atoms with E-state index in [9.17, 15) is 0 Å². The summed E-state index contributed by atoms with van der Waals surface area (Å²) in [5.41, 5.74) is 1.06. The Hall–Kier alpha value is -0.540. The summed E-state index contributed by atoms with van der Waals surface area (Å²) in [4.78, 5) is 0. The zero-order chi connectivity index (χ0) is 10.4. The van der Waals surface area contributed by atoms with Crippen molar-refractivity contribution in [1.82, 2.24) is 0 Å². The van der Waals surface area contributed by atoms with Crippen molar-refractivity contribution in [2.75, 3.05) is 7.11 Å². The molecule has 0 aliphatic carbocycles. The molecular formula is C11H10Br2O. The van der Waals surface area contributed by atoms with Crippen LogP contribution in [-0.4, -0.2) is 7.11 Å². The van der Waals surface area contributed by atoms with Crippen LogP contribution in [0.15, 0.2) is 39.8 Å². The summed E-state index contributed by atoms with van der Waals surface area (Å²) in [5, 5.41) is 0. The lowest BCUT2D eigenvalue weighted by Gasteiger charge is -2.02. The monoisotopic (exact) mass is 316 g/mol. The summed E-state index contributed by atoms with van der Waals surface area (Å²) in [6, 6.07) is 7.87. The van der Waals surface area contributed by atoms with Crippen LogP contribution in [-0.2, 0) is 0 Å². The Morgan fingerprint density at radius 2 is 2.00 bits per heavy atom. The number of halogens is 2. The van der Waals surface area contributed by atoms with Gasteiger partial charge in [-0.1, -0.05) is 30.4 Å². The van der Waals surface area contributed by atoms with Crippen molar-refractivity contribution in [2.24, 2.45) is 0 Å². The molecule has 0 atom stereocenters. The molecule has 1 nitrogen and oxygen atoms in total. The highest BCUT2D eigenvalue weighted by Crippen LogP contribution is 2.19. The van der Waals surface area contributed by atoms with E-state index in [4.69, 9.17) is 4.74 Å². The molecule has 0 radical (unpaired) electrons. The Bertz CT molecular complexity index is 352. The van der Waals surface area contributed by atoms with Gasteiger partial charge in [-0.05, 0) is 44.0 Å². The van der Waals surface area contributed by atoms with Crippen LogP contribution in [0.3, 0.4) is 0 Å². The van der Waals surface area contributed by atoms with Crippen LogP contribution >= 0.6 is 31.9 Å². The van der Waals surface area contributed by atoms with Crippen molar-refractivity contribution in [2.45, 2.75) is 0 Å². The van der Waals surface area contributed by atoms with Gasteiger partial charge in [0, 0.05) is 5.56 Å². The third-order valence-corrected chi connectivity index (χ3v) is 2.17. The molecule has 0 bridgehead atoms. The molecule has 14 heavy (non-hydrogen) atoms. The molecule has 0 N–H and O–H groups in total. The smallest absolute Gasteiger partial charge is 0.126 e. The minimum absolute atomic E-state index is 0.878. The largest absolute Gasteiger partial charge is 0.496 e.